The molecular weight excluding hydrogens is 428 g/mol. The van der Waals surface area contributed by atoms with Gasteiger partial charge in [-0.1, -0.05) is 50.1 Å². The molecule has 0 fully saturated rings. The highest BCUT2D eigenvalue weighted by Gasteiger charge is 2.37. The van der Waals surface area contributed by atoms with Gasteiger partial charge in [0.15, 0.2) is 11.5 Å². The fraction of sp³-hybridized carbons (Fsp3) is 0.522. The highest BCUT2D eigenvalue weighted by molar-refractivity contribution is 7.99. The lowest BCUT2D eigenvalue weighted by atomic mass is 9.94. The van der Waals surface area contributed by atoms with Gasteiger partial charge in [-0.3, -0.25) is 0 Å². The summed E-state index contributed by atoms with van der Waals surface area (Å²) in [4.78, 5) is 17.7. The van der Waals surface area contributed by atoms with Gasteiger partial charge >= 0.3 is 5.97 Å². The van der Waals surface area contributed by atoms with Crippen LogP contribution in [0.4, 0.5) is 5.95 Å². The van der Waals surface area contributed by atoms with E-state index in [-0.39, 0.29) is 6.61 Å². The maximum absolute atomic E-state index is 13.0. The summed E-state index contributed by atoms with van der Waals surface area (Å²) in [6.07, 6.45) is 4.76. The number of allylic oxidation sites excluding steroid dienone is 1. The summed E-state index contributed by atoms with van der Waals surface area (Å²) in [6.45, 7) is 6.12. The van der Waals surface area contributed by atoms with Gasteiger partial charge in [-0.2, -0.15) is 4.98 Å². The van der Waals surface area contributed by atoms with Crippen molar-refractivity contribution in [3.05, 3.63) is 35.0 Å². The minimum atomic E-state index is -0.558. The summed E-state index contributed by atoms with van der Waals surface area (Å²) in [5.41, 5.74) is 1.90. The van der Waals surface area contributed by atoms with E-state index in [1.807, 2.05) is 25.1 Å². The third-order valence-corrected chi connectivity index (χ3v) is 6.21. The van der Waals surface area contributed by atoms with Crippen LogP contribution in [-0.2, 0) is 9.53 Å². The van der Waals surface area contributed by atoms with Crippen LogP contribution in [0.5, 0.6) is 11.5 Å². The van der Waals surface area contributed by atoms with Crippen molar-refractivity contribution in [2.75, 3.05) is 31.9 Å². The van der Waals surface area contributed by atoms with Crippen LogP contribution in [0.15, 0.2) is 34.6 Å². The molecule has 2 heterocycles. The molecule has 1 aromatic heterocycles. The molecule has 174 valence electrons. The second-order valence-corrected chi connectivity index (χ2v) is 8.50. The number of rotatable bonds is 11. The summed E-state index contributed by atoms with van der Waals surface area (Å²) in [5, 5.41) is 8.66. The molecular formula is C23H32N4O4S. The lowest BCUT2D eigenvalue weighted by molar-refractivity contribution is -0.139. The molecule has 3 rings (SSSR count). The van der Waals surface area contributed by atoms with E-state index in [1.54, 1.807) is 37.6 Å². The van der Waals surface area contributed by atoms with Gasteiger partial charge in [0.25, 0.3) is 0 Å². The molecule has 0 bridgehead atoms. The second kappa shape index (κ2) is 11.3. The van der Waals surface area contributed by atoms with Crippen LogP contribution in [0.1, 0.15) is 58.1 Å². The molecule has 0 saturated carbocycles. The van der Waals surface area contributed by atoms with Crippen molar-refractivity contribution in [3.8, 4) is 11.5 Å². The number of anilines is 1. The number of esters is 1. The zero-order valence-electron chi connectivity index (χ0n) is 19.4. The Balaban J connectivity index is 2.03. The number of unbranched alkanes of at least 4 members (excludes halogenated alkanes) is 3. The van der Waals surface area contributed by atoms with Crippen molar-refractivity contribution in [3.63, 3.8) is 0 Å². The Hall–Kier alpha value is -2.68. The van der Waals surface area contributed by atoms with E-state index >= 15 is 0 Å². The number of para-hydroxylation sites is 1. The van der Waals surface area contributed by atoms with E-state index < -0.39 is 12.0 Å². The van der Waals surface area contributed by atoms with E-state index in [2.05, 4.69) is 17.2 Å². The Bertz CT molecular complexity index is 973. The zero-order valence-corrected chi connectivity index (χ0v) is 20.3. The van der Waals surface area contributed by atoms with Crippen molar-refractivity contribution in [1.82, 2.24) is 14.8 Å². The SMILES string of the molecule is CCCCCCSc1nc2n(n1)[C@@H](c1cccc(OC)c1OC)C(C(=O)OCC)=C(C)N2. The smallest absolute Gasteiger partial charge is 0.338 e. The molecule has 0 radical (unpaired) electrons. The van der Waals surface area contributed by atoms with Gasteiger partial charge in [0.1, 0.15) is 6.04 Å². The van der Waals surface area contributed by atoms with E-state index in [1.165, 1.54) is 19.3 Å². The van der Waals surface area contributed by atoms with Gasteiger partial charge in [0.05, 0.1) is 26.4 Å². The minimum Gasteiger partial charge on any atom is -0.493 e. The Morgan fingerprint density at radius 3 is 2.69 bits per heavy atom. The molecule has 0 amide bonds. The number of carbonyl (C=O) groups excluding carboxylic acids is 1. The predicted molar refractivity (Wildman–Crippen MR) is 126 cm³/mol. The molecule has 1 atom stereocenters. The molecule has 1 aliphatic heterocycles. The number of benzene rings is 1. The van der Waals surface area contributed by atoms with Crippen LogP contribution in [0, 0.1) is 0 Å². The van der Waals surface area contributed by atoms with Gasteiger partial charge in [0, 0.05) is 17.0 Å². The molecule has 8 nitrogen and oxygen atoms in total. The first-order chi connectivity index (χ1) is 15.5. The number of nitrogens with one attached hydrogen (secondary N) is 1. The highest BCUT2D eigenvalue weighted by atomic mass is 32.2. The molecule has 1 aliphatic rings. The molecule has 9 heteroatoms. The first-order valence-corrected chi connectivity index (χ1v) is 12.0. The van der Waals surface area contributed by atoms with Crippen LogP contribution in [0.25, 0.3) is 0 Å². The van der Waals surface area contributed by atoms with E-state index in [9.17, 15) is 4.79 Å². The number of aromatic nitrogens is 3. The van der Waals surface area contributed by atoms with Crippen LogP contribution in [0.2, 0.25) is 0 Å². The van der Waals surface area contributed by atoms with Gasteiger partial charge < -0.3 is 19.5 Å². The Kier molecular flexibility index (Phi) is 8.44. The maximum Gasteiger partial charge on any atom is 0.338 e. The average molecular weight is 461 g/mol. The Labute approximate surface area is 193 Å². The topological polar surface area (TPSA) is 87.5 Å². The normalized spacial score (nSPS) is 15.2. The molecule has 32 heavy (non-hydrogen) atoms. The Morgan fingerprint density at radius 1 is 1.19 bits per heavy atom. The largest absolute Gasteiger partial charge is 0.493 e. The predicted octanol–water partition coefficient (Wildman–Crippen LogP) is 4.82. The minimum absolute atomic E-state index is 0.278. The van der Waals surface area contributed by atoms with Crippen LogP contribution >= 0.6 is 11.8 Å². The van der Waals surface area contributed by atoms with E-state index in [0.717, 1.165) is 17.7 Å². The van der Waals surface area contributed by atoms with Crippen molar-refractivity contribution in [1.29, 1.82) is 0 Å². The van der Waals surface area contributed by atoms with Gasteiger partial charge in [0.2, 0.25) is 11.1 Å². The average Bonchev–Trinajstić information content (AvgIpc) is 3.19. The molecule has 0 spiro atoms. The number of carbonyl (C=O) groups is 1. The third-order valence-electron chi connectivity index (χ3n) is 5.29. The first-order valence-electron chi connectivity index (χ1n) is 11.0. The summed E-state index contributed by atoms with van der Waals surface area (Å²) in [7, 11) is 3.18. The second-order valence-electron chi connectivity index (χ2n) is 7.44. The molecule has 2 aromatic rings. The van der Waals surface area contributed by atoms with Crippen molar-refractivity contribution >= 4 is 23.7 Å². The lowest BCUT2D eigenvalue weighted by Crippen LogP contribution is -2.30. The fourth-order valence-corrected chi connectivity index (χ4v) is 4.60. The van der Waals surface area contributed by atoms with Crippen LogP contribution in [0.3, 0.4) is 0 Å². The lowest BCUT2D eigenvalue weighted by Gasteiger charge is -2.29. The summed E-state index contributed by atoms with van der Waals surface area (Å²) < 4.78 is 18.3. The molecule has 0 aliphatic carbocycles. The number of nitrogens with zero attached hydrogens (tertiary/aromatic N) is 3. The van der Waals surface area contributed by atoms with Gasteiger partial charge in [-0.15, -0.1) is 5.10 Å². The maximum atomic E-state index is 13.0. The zero-order chi connectivity index (χ0) is 23.1. The van der Waals surface area contributed by atoms with E-state index in [0.29, 0.717) is 33.9 Å². The number of hydrogen-bond acceptors (Lipinski definition) is 8. The number of thioether (sulfide) groups is 1. The monoisotopic (exact) mass is 460 g/mol. The molecule has 0 unspecified atom stereocenters. The highest BCUT2D eigenvalue weighted by Crippen LogP contribution is 2.43. The number of fused-ring (bicyclic) bond motifs is 1. The number of ether oxygens (including phenoxy) is 3. The van der Waals surface area contributed by atoms with Gasteiger partial charge in [-0.25, -0.2) is 9.48 Å². The number of hydrogen-bond donors (Lipinski definition) is 1. The first kappa shape index (κ1) is 24.0. The van der Waals surface area contributed by atoms with Crippen molar-refractivity contribution < 1.29 is 19.0 Å². The Morgan fingerprint density at radius 2 is 2.00 bits per heavy atom. The summed E-state index contributed by atoms with van der Waals surface area (Å²) in [5.74, 6) is 2.26. The molecule has 0 saturated heterocycles. The van der Waals surface area contributed by atoms with E-state index in [4.69, 9.17) is 19.3 Å². The van der Waals surface area contributed by atoms with Crippen molar-refractivity contribution in [2.24, 2.45) is 0 Å². The van der Waals surface area contributed by atoms with Crippen LogP contribution < -0.4 is 14.8 Å². The molecule has 1 aromatic carbocycles. The summed E-state index contributed by atoms with van der Waals surface area (Å²) in [6, 6.07) is 5.05. The fourth-order valence-electron chi connectivity index (χ4n) is 3.77. The standard InChI is InChI=1S/C23H32N4O4S/c1-6-8-9-10-14-32-23-25-22-24-15(3)18(21(28)31-7-2)19(27(22)26-23)16-12-11-13-17(29-4)20(16)30-5/h11-13,19H,6-10,14H2,1-5H3,(H,24,25,26)/t19-/m0/s1. The summed E-state index contributed by atoms with van der Waals surface area (Å²) >= 11 is 1.63. The quantitative estimate of drug-likeness (QED) is 0.290. The third kappa shape index (κ3) is 5.03. The van der Waals surface area contributed by atoms with Crippen LogP contribution in [-0.4, -0.2) is 47.3 Å². The molecule has 1 N–H and O–H groups in total. The number of methoxy groups -OCH3 is 2. The van der Waals surface area contributed by atoms with Crippen molar-refractivity contribution in [2.45, 2.75) is 57.7 Å². The van der Waals surface area contributed by atoms with Gasteiger partial charge in [-0.05, 0) is 26.3 Å².